The van der Waals surface area contributed by atoms with Crippen LogP contribution in [0.25, 0.3) is 11.0 Å². The first-order valence-corrected chi connectivity index (χ1v) is 7.90. The maximum Gasteiger partial charge on any atom is 0.259 e. The molecule has 0 N–H and O–H groups in total. The molecule has 4 rings (SSSR count). The number of hydrogen-bond donors (Lipinski definition) is 0. The van der Waals surface area contributed by atoms with Crippen molar-refractivity contribution in [1.82, 2.24) is 9.55 Å². The third-order valence-corrected chi connectivity index (χ3v) is 4.49. The van der Waals surface area contributed by atoms with Gasteiger partial charge in [-0.2, -0.15) is 0 Å². The second-order valence-electron chi connectivity index (χ2n) is 6.08. The standard InChI is InChI=1S/C19H18N2O2/c1-12-11-16-17(23-12)15-9-6-10-20-18(15)21(19(16)22)13(2)14-7-4-3-5-8-14/h3-10,12-13H,11H2,1-2H3. The quantitative estimate of drug-likeness (QED) is 0.729. The number of aromatic nitrogens is 2. The number of pyridine rings is 2. The Morgan fingerprint density at radius 1 is 1.22 bits per heavy atom. The van der Waals surface area contributed by atoms with Crippen LogP contribution in [0.4, 0.5) is 0 Å². The lowest BCUT2D eigenvalue weighted by molar-refractivity contribution is 0.257. The van der Waals surface area contributed by atoms with E-state index in [1.807, 2.05) is 56.3 Å². The van der Waals surface area contributed by atoms with Crippen LogP contribution >= 0.6 is 0 Å². The normalized spacial score (nSPS) is 17.7. The van der Waals surface area contributed by atoms with E-state index in [1.165, 1.54) is 0 Å². The van der Waals surface area contributed by atoms with Crippen LogP contribution in [0.15, 0.2) is 53.5 Å². The second-order valence-corrected chi connectivity index (χ2v) is 6.08. The third kappa shape index (κ3) is 2.13. The highest BCUT2D eigenvalue weighted by Gasteiger charge is 2.28. The summed E-state index contributed by atoms with van der Waals surface area (Å²) in [5, 5.41) is 0.911. The van der Waals surface area contributed by atoms with Gasteiger partial charge in [-0.1, -0.05) is 30.3 Å². The van der Waals surface area contributed by atoms with Gasteiger partial charge in [0.2, 0.25) is 0 Å². The molecule has 23 heavy (non-hydrogen) atoms. The lowest BCUT2D eigenvalue weighted by Gasteiger charge is -2.19. The van der Waals surface area contributed by atoms with Gasteiger partial charge in [0.15, 0.2) is 0 Å². The summed E-state index contributed by atoms with van der Waals surface area (Å²) in [6.45, 7) is 4.03. The Labute approximate surface area is 134 Å². The summed E-state index contributed by atoms with van der Waals surface area (Å²) in [6.07, 6.45) is 2.41. The Bertz CT molecular complexity index is 931. The Morgan fingerprint density at radius 2 is 2.00 bits per heavy atom. The fourth-order valence-electron chi connectivity index (χ4n) is 3.35. The van der Waals surface area contributed by atoms with Crippen LogP contribution in [-0.2, 0) is 6.42 Å². The molecule has 2 unspecified atom stereocenters. The summed E-state index contributed by atoms with van der Waals surface area (Å²) in [4.78, 5) is 17.6. The van der Waals surface area contributed by atoms with Gasteiger partial charge in [0, 0.05) is 12.6 Å². The van der Waals surface area contributed by atoms with Crippen molar-refractivity contribution >= 4 is 11.0 Å². The molecule has 3 aromatic rings. The molecule has 1 aliphatic heterocycles. The van der Waals surface area contributed by atoms with Crippen molar-refractivity contribution in [3.05, 3.63) is 70.1 Å². The van der Waals surface area contributed by atoms with Crippen molar-refractivity contribution in [2.45, 2.75) is 32.4 Å². The second kappa shape index (κ2) is 5.23. The molecule has 0 spiro atoms. The molecule has 4 heteroatoms. The average Bonchev–Trinajstić information content (AvgIpc) is 2.98. The van der Waals surface area contributed by atoms with Crippen LogP contribution in [0, 0.1) is 0 Å². The number of ether oxygens (including phenoxy) is 1. The Balaban J connectivity index is 2.03. The largest absolute Gasteiger partial charge is 0.489 e. The lowest BCUT2D eigenvalue weighted by Crippen LogP contribution is -2.27. The number of hydrogen-bond acceptors (Lipinski definition) is 3. The first-order chi connectivity index (χ1) is 11.2. The zero-order valence-electron chi connectivity index (χ0n) is 13.2. The van der Waals surface area contributed by atoms with Crippen molar-refractivity contribution in [2.24, 2.45) is 0 Å². The SMILES string of the molecule is CC1Cc2c(c3cccnc3n(C(C)c3ccccc3)c2=O)O1. The smallest absolute Gasteiger partial charge is 0.259 e. The molecule has 2 aromatic heterocycles. The topological polar surface area (TPSA) is 44.1 Å². The van der Waals surface area contributed by atoms with E-state index in [4.69, 9.17) is 4.74 Å². The molecular weight excluding hydrogens is 288 g/mol. The van der Waals surface area contributed by atoms with Crippen LogP contribution in [0.2, 0.25) is 0 Å². The molecule has 0 saturated carbocycles. The zero-order valence-corrected chi connectivity index (χ0v) is 13.2. The van der Waals surface area contributed by atoms with E-state index in [1.54, 1.807) is 10.8 Å². The number of rotatable bonds is 2. The van der Waals surface area contributed by atoms with E-state index in [9.17, 15) is 4.79 Å². The van der Waals surface area contributed by atoms with E-state index in [2.05, 4.69) is 4.98 Å². The lowest BCUT2D eigenvalue weighted by atomic mass is 10.1. The number of fused-ring (bicyclic) bond motifs is 3. The first-order valence-electron chi connectivity index (χ1n) is 7.90. The highest BCUT2D eigenvalue weighted by molar-refractivity contribution is 5.84. The molecule has 4 nitrogen and oxygen atoms in total. The molecule has 3 heterocycles. The number of nitrogens with zero attached hydrogens (tertiary/aromatic N) is 2. The molecule has 0 saturated heterocycles. The fourth-order valence-corrected chi connectivity index (χ4v) is 3.35. The summed E-state index contributed by atoms with van der Waals surface area (Å²) < 4.78 is 7.68. The predicted octanol–water partition coefficient (Wildman–Crippen LogP) is 3.33. The van der Waals surface area contributed by atoms with Crippen molar-refractivity contribution < 1.29 is 4.74 Å². The predicted molar refractivity (Wildman–Crippen MR) is 90.1 cm³/mol. The minimum Gasteiger partial charge on any atom is -0.489 e. The minimum absolute atomic E-state index is 0.00639. The summed E-state index contributed by atoms with van der Waals surface area (Å²) in [5.41, 5.74) is 2.54. The third-order valence-electron chi connectivity index (χ3n) is 4.49. The van der Waals surface area contributed by atoms with Crippen LogP contribution < -0.4 is 10.3 Å². The molecule has 0 aliphatic carbocycles. The molecule has 0 bridgehead atoms. The van der Waals surface area contributed by atoms with E-state index < -0.39 is 0 Å². The summed E-state index contributed by atoms with van der Waals surface area (Å²) in [7, 11) is 0. The van der Waals surface area contributed by atoms with Crippen LogP contribution in [0.3, 0.4) is 0 Å². The van der Waals surface area contributed by atoms with Crippen molar-refractivity contribution in [3.8, 4) is 5.75 Å². The molecule has 1 aliphatic rings. The molecule has 1 aromatic carbocycles. The maximum atomic E-state index is 13.1. The van der Waals surface area contributed by atoms with Crippen LogP contribution in [0.5, 0.6) is 5.75 Å². The summed E-state index contributed by atoms with van der Waals surface area (Å²) >= 11 is 0. The van der Waals surface area contributed by atoms with Crippen LogP contribution in [0.1, 0.15) is 31.0 Å². The van der Waals surface area contributed by atoms with Gasteiger partial charge < -0.3 is 4.74 Å². The fraction of sp³-hybridized carbons (Fsp3) is 0.263. The highest BCUT2D eigenvalue weighted by Crippen LogP contribution is 2.34. The van der Waals surface area contributed by atoms with Gasteiger partial charge in [-0.15, -0.1) is 0 Å². The molecular formula is C19H18N2O2. The van der Waals surface area contributed by atoms with E-state index >= 15 is 0 Å². The van der Waals surface area contributed by atoms with Crippen LogP contribution in [-0.4, -0.2) is 15.7 Å². The summed E-state index contributed by atoms with van der Waals surface area (Å²) in [6, 6.07) is 13.8. The van der Waals surface area contributed by atoms with Crippen molar-refractivity contribution in [1.29, 1.82) is 0 Å². The van der Waals surface area contributed by atoms with Gasteiger partial charge in [0.05, 0.1) is 17.0 Å². The van der Waals surface area contributed by atoms with Crippen molar-refractivity contribution in [2.75, 3.05) is 0 Å². The van der Waals surface area contributed by atoms with Gasteiger partial charge in [0.1, 0.15) is 17.5 Å². The van der Waals surface area contributed by atoms with Gasteiger partial charge in [-0.3, -0.25) is 9.36 Å². The molecule has 116 valence electrons. The minimum atomic E-state index is -0.0812. The van der Waals surface area contributed by atoms with E-state index in [-0.39, 0.29) is 17.7 Å². The van der Waals surface area contributed by atoms with E-state index in [0.717, 1.165) is 16.5 Å². The Kier molecular flexibility index (Phi) is 3.18. The zero-order chi connectivity index (χ0) is 16.0. The molecule has 2 atom stereocenters. The van der Waals surface area contributed by atoms with E-state index in [0.29, 0.717) is 17.8 Å². The number of benzene rings is 1. The summed E-state index contributed by atoms with van der Waals surface area (Å²) in [5.74, 6) is 0.710. The van der Waals surface area contributed by atoms with Gasteiger partial charge in [0.25, 0.3) is 5.56 Å². The highest BCUT2D eigenvalue weighted by atomic mass is 16.5. The Morgan fingerprint density at radius 3 is 2.78 bits per heavy atom. The first kappa shape index (κ1) is 14.0. The molecule has 0 radical (unpaired) electrons. The molecule has 0 fully saturated rings. The van der Waals surface area contributed by atoms with Crippen molar-refractivity contribution in [3.63, 3.8) is 0 Å². The van der Waals surface area contributed by atoms with Gasteiger partial charge in [-0.05, 0) is 31.5 Å². The molecule has 0 amide bonds. The monoisotopic (exact) mass is 306 g/mol. The maximum absolute atomic E-state index is 13.1. The Hall–Kier alpha value is -2.62. The van der Waals surface area contributed by atoms with Gasteiger partial charge >= 0.3 is 0 Å². The van der Waals surface area contributed by atoms with Gasteiger partial charge in [-0.25, -0.2) is 4.98 Å². The average molecular weight is 306 g/mol.